The largest absolute Gasteiger partial charge is 0.363 e. The van der Waals surface area contributed by atoms with Gasteiger partial charge in [-0.3, -0.25) is 9.59 Å². The van der Waals surface area contributed by atoms with Gasteiger partial charge >= 0.3 is 0 Å². The average molecular weight is 298 g/mol. The van der Waals surface area contributed by atoms with Gasteiger partial charge in [-0.2, -0.15) is 0 Å². The van der Waals surface area contributed by atoms with E-state index in [9.17, 15) is 9.59 Å². The predicted molar refractivity (Wildman–Crippen MR) is 78.9 cm³/mol. The fourth-order valence-electron chi connectivity index (χ4n) is 2.48. The number of likely N-dealkylation sites (N-methyl/N-ethyl adjacent to an activating group) is 1. The summed E-state index contributed by atoms with van der Waals surface area (Å²) in [5.41, 5.74) is -0.195. The Morgan fingerprint density at radius 3 is 2.05 bits per heavy atom. The summed E-state index contributed by atoms with van der Waals surface area (Å²) in [5.74, 6) is 0.138. The zero-order chi connectivity index (χ0) is 15.5. The van der Waals surface area contributed by atoms with Crippen molar-refractivity contribution < 1.29 is 14.3 Å². The lowest BCUT2D eigenvalue weighted by Crippen LogP contribution is -2.60. The van der Waals surface area contributed by atoms with Crippen molar-refractivity contribution in [1.82, 2.24) is 20.0 Å². The molecule has 2 saturated heterocycles. The number of carbonyl (C=O) groups excluding carboxylic acids is 2. The van der Waals surface area contributed by atoms with Crippen LogP contribution in [-0.4, -0.2) is 98.6 Å². The number of piperazine rings is 1. The highest BCUT2D eigenvalue weighted by molar-refractivity contribution is 5.80. The Balaban J connectivity index is 1.70. The van der Waals surface area contributed by atoms with Gasteiger partial charge in [0.1, 0.15) is 6.61 Å². The molecule has 0 radical (unpaired) electrons. The molecule has 0 aromatic carbocycles. The fourth-order valence-corrected chi connectivity index (χ4v) is 2.48. The Morgan fingerprint density at radius 2 is 1.62 bits per heavy atom. The summed E-state index contributed by atoms with van der Waals surface area (Å²) in [6.07, 6.45) is 0. The molecule has 0 saturated carbocycles. The molecule has 2 fully saturated rings. The topological polar surface area (TPSA) is 65.1 Å². The van der Waals surface area contributed by atoms with Crippen LogP contribution in [0.1, 0.15) is 6.92 Å². The summed E-state index contributed by atoms with van der Waals surface area (Å²) in [7, 11) is 3.76. The second-order valence-corrected chi connectivity index (χ2v) is 6.34. The molecule has 0 spiro atoms. The normalized spacial score (nSPS) is 21.3. The van der Waals surface area contributed by atoms with Crippen LogP contribution < -0.4 is 5.32 Å². The molecule has 0 aliphatic carbocycles. The van der Waals surface area contributed by atoms with E-state index in [-0.39, 0.29) is 24.0 Å². The van der Waals surface area contributed by atoms with Crippen LogP contribution in [0, 0.1) is 0 Å². The van der Waals surface area contributed by atoms with Crippen LogP contribution in [0.25, 0.3) is 0 Å². The van der Waals surface area contributed by atoms with Crippen LogP contribution >= 0.6 is 0 Å². The lowest BCUT2D eigenvalue weighted by atomic mass is 10.0. The summed E-state index contributed by atoms with van der Waals surface area (Å²) in [4.78, 5) is 29.5. The SMILES string of the molecule is CN(C)CC(=O)N1CCN(C(=O)COC2(C)CNC2)CC1. The molecule has 1 N–H and O–H groups in total. The molecule has 7 heteroatoms. The quantitative estimate of drug-likeness (QED) is 0.676. The molecule has 0 aromatic heterocycles. The number of nitrogens with zero attached hydrogens (tertiary/aromatic N) is 3. The fraction of sp³-hybridized carbons (Fsp3) is 0.857. The van der Waals surface area contributed by atoms with Crippen molar-refractivity contribution >= 4 is 11.8 Å². The molecule has 2 aliphatic heterocycles. The lowest BCUT2D eigenvalue weighted by Gasteiger charge is -2.40. The predicted octanol–water partition coefficient (Wildman–Crippen LogP) is -1.40. The van der Waals surface area contributed by atoms with E-state index in [2.05, 4.69) is 5.32 Å². The third-order valence-electron chi connectivity index (χ3n) is 3.98. The van der Waals surface area contributed by atoms with Gasteiger partial charge in [-0.1, -0.05) is 0 Å². The monoisotopic (exact) mass is 298 g/mol. The van der Waals surface area contributed by atoms with Gasteiger partial charge in [0, 0.05) is 39.3 Å². The van der Waals surface area contributed by atoms with E-state index in [1.807, 2.05) is 30.8 Å². The van der Waals surface area contributed by atoms with Crippen molar-refractivity contribution in [3.8, 4) is 0 Å². The van der Waals surface area contributed by atoms with Crippen LogP contribution in [0.4, 0.5) is 0 Å². The van der Waals surface area contributed by atoms with E-state index in [1.54, 1.807) is 4.90 Å². The zero-order valence-electron chi connectivity index (χ0n) is 13.2. The minimum atomic E-state index is -0.195. The van der Waals surface area contributed by atoms with E-state index in [1.165, 1.54) is 0 Å². The molecule has 0 aromatic rings. The van der Waals surface area contributed by atoms with Crippen molar-refractivity contribution in [2.75, 3.05) is 66.5 Å². The number of amides is 2. The molecule has 21 heavy (non-hydrogen) atoms. The number of hydrogen-bond donors (Lipinski definition) is 1. The van der Waals surface area contributed by atoms with Gasteiger partial charge < -0.3 is 24.8 Å². The summed E-state index contributed by atoms with van der Waals surface area (Å²) in [6.45, 7) is 6.56. The molecular formula is C14H26N4O3. The maximum absolute atomic E-state index is 12.1. The Hall–Kier alpha value is -1.18. The van der Waals surface area contributed by atoms with Gasteiger partial charge in [-0.15, -0.1) is 0 Å². The Labute approximate surface area is 126 Å². The van der Waals surface area contributed by atoms with Crippen molar-refractivity contribution in [2.24, 2.45) is 0 Å². The summed E-state index contributed by atoms with van der Waals surface area (Å²) < 4.78 is 5.67. The Kier molecular flexibility index (Phi) is 5.18. The zero-order valence-corrected chi connectivity index (χ0v) is 13.2. The van der Waals surface area contributed by atoms with Crippen molar-refractivity contribution in [3.63, 3.8) is 0 Å². The minimum Gasteiger partial charge on any atom is -0.363 e. The van der Waals surface area contributed by atoms with Gasteiger partial charge in [-0.05, 0) is 21.0 Å². The van der Waals surface area contributed by atoms with Gasteiger partial charge in [0.15, 0.2) is 0 Å². The Morgan fingerprint density at radius 1 is 1.10 bits per heavy atom. The summed E-state index contributed by atoms with van der Waals surface area (Å²) in [5, 5.41) is 3.14. The van der Waals surface area contributed by atoms with Gasteiger partial charge in [0.2, 0.25) is 11.8 Å². The van der Waals surface area contributed by atoms with E-state index in [4.69, 9.17) is 4.74 Å². The highest BCUT2D eigenvalue weighted by atomic mass is 16.5. The first kappa shape index (κ1) is 16.2. The van der Waals surface area contributed by atoms with Crippen LogP contribution in [0.3, 0.4) is 0 Å². The smallest absolute Gasteiger partial charge is 0.248 e. The van der Waals surface area contributed by atoms with Crippen LogP contribution in [0.5, 0.6) is 0 Å². The maximum Gasteiger partial charge on any atom is 0.248 e. The maximum atomic E-state index is 12.1. The van der Waals surface area contributed by atoms with E-state index in [0.717, 1.165) is 13.1 Å². The van der Waals surface area contributed by atoms with Crippen LogP contribution in [0.15, 0.2) is 0 Å². The highest BCUT2D eigenvalue weighted by Gasteiger charge is 2.34. The number of hydrogen-bond acceptors (Lipinski definition) is 5. The first-order chi connectivity index (χ1) is 9.89. The molecule has 120 valence electrons. The number of carbonyl (C=O) groups is 2. The summed E-state index contributed by atoms with van der Waals surface area (Å²) >= 11 is 0. The molecule has 7 nitrogen and oxygen atoms in total. The molecule has 2 aliphatic rings. The summed E-state index contributed by atoms with van der Waals surface area (Å²) in [6, 6.07) is 0. The van der Waals surface area contributed by atoms with E-state index < -0.39 is 0 Å². The third kappa shape index (κ3) is 4.39. The first-order valence-corrected chi connectivity index (χ1v) is 7.45. The lowest BCUT2D eigenvalue weighted by molar-refractivity contribution is -0.149. The van der Waals surface area contributed by atoms with E-state index >= 15 is 0 Å². The van der Waals surface area contributed by atoms with Crippen molar-refractivity contribution in [3.05, 3.63) is 0 Å². The number of rotatable bonds is 5. The number of ether oxygens (including phenoxy) is 1. The van der Waals surface area contributed by atoms with E-state index in [0.29, 0.717) is 32.7 Å². The van der Waals surface area contributed by atoms with Crippen molar-refractivity contribution in [2.45, 2.75) is 12.5 Å². The van der Waals surface area contributed by atoms with Gasteiger partial charge in [0.25, 0.3) is 0 Å². The van der Waals surface area contributed by atoms with Crippen LogP contribution in [-0.2, 0) is 14.3 Å². The molecular weight excluding hydrogens is 272 g/mol. The molecule has 2 heterocycles. The molecule has 0 bridgehead atoms. The third-order valence-corrected chi connectivity index (χ3v) is 3.98. The minimum absolute atomic E-state index is 0.0165. The standard InChI is InChI=1S/C14H26N4O3/c1-14(10-15-11-14)21-9-13(20)18-6-4-17(5-7-18)12(19)8-16(2)3/h15H,4-11H2,1-3H3. The molecule has 0 unspecified atom stereocenters. The Bertz CT molecular complexity index is 388. The first-order valence-electron chi connectivity index (χ1n) is 7.45. The van der Waals surface area contributed by atoms with Gasteiger partial charge in [0.05, 0.1) is 12.1 Å². The van der Waals surface area contributed by atoms with Crippen LogP contribution in [0.2, 0.25) is 0 Å². The van der Waals surface area contributed by atoms with Gasteiger partial charge in [-0.25, -0.2) is 0 Å². The second-order valence-electron chi connectivity index (χ2n) is 6.34. The van der Waals surface area contributed by atoms with Crippen molar-refractivity contribution in [1.29, 1.82) is 0 Å². The molecule has 2 amide bonds. The average Bonchev–Trinajstić information content (AvgIpc) is 2.42. The molecule has 0 atom stereocenters. The number of nitrogens with one attached hydrogen (secondary N) is 1. The molecule has 2 rings (SSSR count). The highest BCUT2D eigenvalue weighted by Crippen LogP contribution is 2.15. The second kappa shape index (κ2) is 6.72.